The number of alkyl halides is 2. The van der Waals surface area contributed by atoms with Crippen LogP contribution in [-0.2, 0) is 6.54 Å². The first-order valence-electron chi connectivity index (χ1n) is 7.21. The molecule has 0 saturated heterocycles. The van der Waals surface area contributed by atoms with Gasteiger partial charge < -0.3 is 14.2 Å². The number of ether oxygens (including phenoxy) is 1. The summed E-state index contributed by atoms with van der Waals surface area (Å²) < 4.78 is 31.8. The van der Waals surface area contributed by atoms with Gasteiger partial charge in [-0.2, -0.15) is 8.78 Å². The fraction of sp³-hybridized carbons (Fsp3) is 0.235. The Morgan fingerprint density at radius 3 is 2.52 bits per heavy atom. The maximum Gasteiger partial charge on any atom is 0.387 e. The summed E-state index contributed by atoms with van der Waals surface area (Å²) in [6.45, 7) is -2.44. The number of hydrogen-bond donors (Lipinski definition) is 0. The van der Waals surface area contributed by atoms with Crippen LogP contribution in [0.25, 0.3) is 11.0 Å². The standard InChI is InChI=1S/C17H17F2N3O/c1-21(2)17-20-13-8-4-5-9-14(13)22(17)11-12-7-3-6-10-15(12)23-16(18)19/h3-10,16H,11H2,1-2H3. The van der Waals surface area contributed by atoms with E-state index in [4.69, 9.17) is 0 Å². The van der Waals surface area contributed by atoms with Gasteiger partial charge in [-0.3, -0.25) is 0 Å². The highest BCUT2D eigenvalue weighted by molar-refractivity contribution is 5.79. The number of aromatic nitrogens is 2. The zero-order valence-electron chi connectivity index (χ0n) is 12.9. The third kappa shape index (κ3) is 3.11. The quantitative estimate of drug-likeness (QED) is 0.718. The van der Waals surface area contributed by atoms with Crippen molar-refractivity contribution in [3.8, 4) is 5.75 Å². The molecule has 0 aliphatic carbocycles. The summed E-state index contributed by atoms with van der Waals surface area (Å²) in [6, 6.07) is 14.6. The first-order valence-corrected chi connectivity index (χ1v) is 7.21. The van der Waals surface area contributed by atoms with Crippen molar-refractivity contribution in [2.24, 2.45) is 0 Å². The number of anilines is 1. The minimum absolute atomic E-state index is 0.185. The van der Waals surface area contributed by atoms with Crippen LogP contribution in [0, 0.1) is 0 Å². The van der Waals surface area contributed by atoms with Crippen LogP contribution in [0.2, 0.25) is 0 Å². The van der Waals surface area contributed by atoms with E-state index >= 15 is 0 Å². The summed E-state index contributed by atoms with van der Waals surface area (Å²) >= 11 is 0. The molecule has 0 bridgehead atoms. The normalized spacial score (nSPS) is 11.2. The number of para-hydroxylation sites is 3. The van der Waals surface area contributed by atoms with E-state index in [0.29, 0.717) is 12.1 Å². The number of rotatable bonds is 5. The Kier molecular flexibility index (Phi) is 4.14. The van der Waals surface area contributed by atoms with Gasteiger partial charge in [0.2, 0.25) is 5.95 Å². The highest BCUT2D eigenvalue weighted by Gasteiger charge is 2.15. The fourth-order valence-corrected chi connectivity index (χ4v) is 2.58. The van der Waals surface area contributed by atoms with Crippen LogP contribution in [0.5, 0.6) is 5.75 Å². The Labute approximate surface area is 132 Å². The predicted molar refractivity (Wildman–Crippen MR) is 86.2 cm³/mol. The highest BCUT2D eigenvalue weighted by atomic mass is 19.3. The van der Waals surface area contributed by atoms with Crippen LogP contribution in [0.3, 0.4) is 0 Å². The minimum atomic E-state index is -2.84. The smallest absolute Gasteiger partial charge is 0.387 e. The maximum absolute atomic E-state index is 12.6. The molecule has 120 valence electrons. The number of imidazole rings is 1. The summed E-state index contributed by atoms with van der Waals surface area (Å²) in [5.74, 6) is 0.947. The van der Waals surface area contributed by atoms with E-state index in [1.807, 2.05) is 53.9 Å². The van der Waals surface area contributed by atoms with Gasteiger partial charge in [0.15, 0.2) is 0 Å². The van der Waals surface area contributed by atoms with Gasteiger partial charge in [-0.15, -0.1) is 0 Å². The largest absolute Gasteiger partial charge is 0.434 e. The molecule has 3 aromatic rings. The van der Waals surface area contributed by atoms with Crippen molar-refractivity contribution in [1.29, 1.82) is 0 Å². The molecule has 0 aliphatic heterocycles. The van der Waals surface area contributed by atoms with Crippen LogP contribution in [0.15, 0.2) is 48.5 Å². The average Bonchev–Trinajstić information content (AvgIpc) is 2.88. The SMILES string of the molecule is CN(C)c1nc2ccccc2n1Cc1ccccc1OC(F)F. The molecule has 4 nitrogen and oxygen atoms in total. The van der Waals surface area contributed by atoms with Crippen molar-refractivity contribution < 1.29 is 13.5 Å². The predicted octanol–water partition coefficient (Wildman–Crippen LogP) is 3.75. The average molecular weight is 317 g/mol. The van der Waals surface area contributed by atoms with Crippen LogP contribution in [-0.4, -0.2) is 30.3 Å². The molecule has 0 amide bonds. The second-order valence-electron chi connectivity index (χ2n) is 5.37. The molecule has 0 aliphatic rings. The van der Waals surface area contributed by atoms with Crippen LogP contribution < -0.4 is 9.64 Å². The van der Waals surface area contributed by atoms with Gasteiger partial charge >= 0.3 is 6.61 Å². The van der Waals surface area contributed by atoms with Crippen LogP contribution >= 0.6 is 0 Å². The van der Waals surface area contributed by atoms with Crippen molar-refractivity contribution in [2.45, 2.75) is 13.2 Å². The molecule has 3 rings (SSSR count). The molecule has 0 spiro atoms. The number of hydrogen-bond acceptors (Lipinski definition) is 3. The molecule has 6 heteroatoms. The van der Waals surface area contributed by atoms with Crippen LogP contribution in [0.4, 0.5) is 14.7 Å². The second kappa shape index (κ2) is 6.24. The number of halogens is 2. The van der Waals surface area contributed by atoms with E-state index in [1.165, 1.54) is 0 Å². The van der Waals surface area contributed by atoms with Gasteiger partial charge in [-0.25, -0.2) is 4.98 Å². The number of fused-ring (bicyclic) bond motifs is 1. The molecule has 0 saturated carbocycles. The van der Waals surface area contributed by atoms with Gasteiger partial charge in [0.25, 0.3) is 0 Å². The van der Waals surface area contributed by atoms with E-state index < -0.39 is 6.61 Å². The van der Waals surface area contributed by atoms with Crippen molar-refractivity contribution in [3.05, 3.63) is 54.1 Å². The van der Waals surface area contributed by atoms with E-state index in [9.17, 15) is 8.78 Å². The lowest BCUT2D eigenvalue weighted by atomic mass is 10.2. The van der Waals surface area contributed by atoms with E-state index in [-0.39, 0.29) is 5.75 Å². The first kappa shape index (κ1) is 15.3. The zero-order chi connectivity index (χ0) is 16.4. The lowest BCUT2D eigenvalue weighted by Gasteiger charge is -2.17. The second-order valence-corrected chi connectivity index (χ2v) is 5.37. The molecule has 23 heavy (non-hydrogen) atoms. The van der Waals surface area contributed by atoms with Gasteiger partial charge in [-0.1, -0.05) is 30.3 Å². The molecular formula is C17H17F2N3O. The van der Waals surface area contributed by atoms with E-state index in [2.05, 4.69) is 9.72 Å². The lowest BCUT2D eigenvalue weighted by Crippen LogP contribution is -2.16. The molecule has 0 atom stereocenters. The van der Waals surface area contributed by atoms with Crippen molar-refractivity contribution >= 4 is 17.0 Å². The molecule has 0 radical (unpaired) electrons. The van der Waals surface area contributed by atoms with E-state index in [0.717, 1.165) is 17.0 Å². The summed E-state index contributed by atoms with van der Waals surface area (Å²) in [6.07, 6.45) is 0. The van der Waals surface area contributed by atoms with Gasteiger partial charge in [0.1, 0.15) is 5.75 Å². The lowest BCUT2D eigenvalue weighted by molar-refractivity contribution is -0.0504. The molecule has 1 heterocycles. The Morgan fingerprint density at radius 1 is 1.09 bits per heavy atom. The van der Waals surface area contributed by atoms with Crippen molar-refractivity contribution in [2.75, 3.05) is 19.0 Å². The molecular weight excluding hydrogens is 300 g/mol. The zero-order valence-corrected chi connectivity index (χ0v) is 12.9. The van der Waals surface area contributed by atoms with Crippen molar-refractivity contribution in [3.63, 3.8) is 0 Å². The summed E-state index contributed by atoms with van der Waals surface area (Å²) in [5.41, 5.74) is 2.49. The molecule has 2 aromatic carbocycles. The molecule has 1 aromatic heterocycles. The van der Waals surface area contributed by atoms with Gasteiger partial charge in [0, 0.05) is 19.7 Å². The van der Waals surface area contributed by atoms with Crippen molar-refractivity contribution in [1.82, 2.24) is 9.55 Å². The Balaban J connectivity index is 2.06. The topological polar surface area (TPSA) is 30.3 Å². The van der Waals surface area contributed by atoms with E-state index in [1.54, 1.807) is 18.2 Å². The summed E-state index contributed by atoms with van der Waals surface area (Å²) in [5, 5.41) is 0. The third-order valence-electron chi connectivity index (χ3n) is 3.55. The Bertz CT molecular complexity index is 814. The minimum Gasteiger partial charge on any atom is -0.434 e. The summed E-state index contributed by atoms with van der Waals surface area (Å²) in [7, 11) is 3.80. The molecule has 0 unspecified atom stereocenters. The molecule has 0 fully saturated rings. The molecule has 0 N–H and O–H groups in total. The summed E-state index contributed by atoms with van der Waals surface area (Å²) in [4.78, 5) is 6.50. The number of nitrogens with zero attached hydrogens (tertiary/aromatic N) is 3. The first-order chi connectivity index (χ1) is 11.1. The van der Waals surface area contributed by atoms with Crippen LogP contribution in [0.1, 0.15) is 5.56 Å². The maximum atomic E-state index is 12.6. The fourth-order valence-electron chi connectivity index (χ4n) is 2.58. The van der Waals surface area contributed by atoms with Gasteiger partial charge in [0.05, 0.1) is 17.6 Å². The van der Waals surface area contributed by atoms with Gasteiger partial charge in [-0.05, 0) is 18.2 Å². The highest BCUT2D eigenvalue weighted by Crippen LogP contribution is 2.27. The number of benzene rings is 2. The Morgan fingerprint density at radius 2 is 1.78 bits per heavy atom. The Hall–Kier alpha value is -2.63. The monoisotopic (exact) mass is 317 g/mol. The third-order valence-corrected chi connectivity index (χ3v) is 3.55.